The second-order valence-electron chi connectivity index (χ2n) is 5.52. The van der Waals surface area contributed by atoms with Gasteiger partial charge < -0.3 is 15.0 Å². The van der Waals surface area contributed by atoms with Crippen LogP contribution in [0.5, 0.6) is 5.75 Å². The van der Waals surface area contributed by atoms with Gasteiger partial charge in [0, 0.05) is 19.1 Å². The van der Waals surface area contributed by atoms with Gasteiger partial charge in [-0.1, -0.05) is 19.1 Å². The molecule has 0 saturated heterocycles. The fourth-order valence-electron chi connectivity index (χ4n) is 2.41. The van der Waals surface area contributed by atoms with Crippen molar-refractivity contribution in [1.29, 1.82) is 0 Å². The summed E-state index contributed by atoms with van der Waals surface area (Å²) in [5, 5.41) is 3.36. The van der Waals surface area contributed by atoms with Gasteiger partial charge in [0.1, 0.15) is 5.75 Å². The Kier molecular flexibility index (Phi) is 6.05. The first-order valence-electron chi connectivity index (χ1n) is 7.96. The standard InChI is InChI=1S/C17H26N2O2/c1-3-10-18-12-14-6-5-7-16(11-14)21-13-17(20)19(4-2)15-8-9-15/h5-7,11,15,18H,3-4,8-10,12-13H2,1-2H3. The van der Waals surface area contributed by atoms with E-state index in [0.717, 1.165) is 44.6 Å². The zero-order chi connectivity index (χ0) is 15.1. The maximum Gasteiger partial charge on any atom is 0.260 e. The molecule has 21 heavy (non-hydrogen) atoms. The topological polar surface area (TPSA) is 41.6 Å². The molecule has 1 aromatic rings. The fourth-order valence-corrected chi connectivity index (χ4v) is 2.41. The molecule has 2 rings (SSSR count). The number of carbonyl (C=O) groups is 1. The summed E-state index contributed by atoms with van der Waals surface area (Å²) in [4.78, 5) is 14.0. The van der Waals surface area contributed by atoms with Crippen molar-refractivity contribution in [1.82, 2.24) is 10.2 Å². The van der Waals surface area contributed by atoms with Crippen molar-refractivity contribution in [2.75, 3.05) is 19.7 Å². The Labute approximate surface area is 127 Å². The van der Waals surface area contributed by atoms with Crippen LogP contribution in [0.15, 0.2) is 24.3 Å². The molecule has 1 aliphatic carbocycles. The fraction of sp³-hybridized carbons (Fsp3) is 0.588. The van der Waals surface area contributed by atoms with E-state index >= 15 is 0 Å². The lowest BCUT2D eigenvalue weighted by atomic mass is 10.2. The van der Waals surface area contributed by atoms with Crippen LogP contribution in [-0.4, -0.2) is 36.5 Å². The van der Waals surface area contributed by atoms with Gasteiger partial charge in [0.25, 0.3) is 5.91 Å². The number of likely N-dealkylation sites (N-methyl/N-ethyl adjacent to an activating group) is 1. The molecule has 0 bridgehead atoms. The van der Waals surface area contributed by atoms with E-state index in [-0.39, 0.29) is 12.5 Å². The molecule has 1 amide bonds. The second kappa shape index (κ2) is 8.03. The van der Waals surface area contributed by atoms with Crippen LogP contribution in [-0.2, 0) is 11.3 Å². The first-order valence-corrected chi connectivity index (χ1v) is 7.96. The van der Waals surface area contributed by atoms with Crippen LogP contribution in [0.3, 0.4) is 0 Å². The third kappa shape index (κ3) is 5.05. The molecule has 1 N–H and O–H groups in total. The second-order valence-corrected chi connectivity index (χ2v) is 5.52. The van der Waals surface area contributed by atoms with Crippen LogP contribution in [0.2, 0.25) is 0 Å². The summed E-state index contributed by atoms with van der Waals surface area (Å²) in [6.45, 7) is 6.93. The minimum atomic E-state index is 0.0921. The van der Waals surface area contributed by atoms with E-state index in [1.54, 1.807) is 0 Å². The highest BCUT2D eigenvalue weighted by atomic mass is 16.5. The molecule has 0 heterocycles. The molecule has 0 unspecified atom stereocenters. The Morgan fingerprint density at radius 2 is 2.19 bits per heavy atom. The van der Waals surface area contributed by atoms with E-state index in [0.29, 0.717) is 6.04 Å². The average Bonchev–Trinajstić information content (AvgIpc) is 3.31. The highest BCUT2D eigenvalue weighted by molar-refractivity contribution is 5.78. The summed E-state index contributed by atoms with van der Waals surface area (Å²) in [6.07, 6.45) is 3.40. The molecule has 0 atom stereocenters. The molecule has 1 fully saturated rings. The number of rotatable bonds is 9. The van der Waals surface area contributed by atoms with Crippen molar-refractivity contribution in [3.8, 4) is 5.75 Å². The van der Waals surface area contributed by atoms with Crippen LogP contribution in [0.25, 0.3) is 0 Å². The van der Waals surface area contributed by atoms with E-state index in [1.807, 2.05) is 30.0 Å². The van der Waals surface area contributed by atoms with Crippen LogP contribution in [0.1, 0.15) is 38.7 Å². The number of nitrogens with one attached hydrogen (secondary N) is 1. The van der Waals surface area contributed by atoms with E-state index < -0.39 is 0 Å². The molecule has 1 aliphatic rings. The zero-order valence-electron chi connectivity index (χ0n) is 13.1. The van der Waals surface area contributed by atoms with Crippen molar-refractivity contribution < 1.29 is 9.53 Å². The van der Waals surface area contributed by atoms with E-state index in [2.05, 4.69) is 18.3 Å². The summed E-state index contributed by atoms with van der Waals surface area (Å²) in [6, 6.07) is 8.41. The highest BCUT2D eigenvalue weighted by Gasteiger charge is 2.31. The molecule has 0 radical (unpaired) electrons. The minimum Gasteiger partial charge on any atom is -0.484 e. The molecule has 116 valence electrons. The zero-order valence-corrected chi connectivity index (χ0v) is 13.1. The molecule has 0 spiro atoms. The van der Waals surface area contributed by atoms with E-state index in [1.165, 1.54) is 5.56 Å². The summed E-state index contributed by atoms with van der Waals surface area (Å²) in [7, 11) is 0. The summed E-state index contributed by atoms with van der Waals surface area (Å²) in [5.74, 6) is 0.862. The van der Waals surface area contributed by atoms with Gasteiger partial charge in [-0.3, -0.25) is 4.79 Å². The first-order chi connectivity index (χ1) is 10.2. The van der Waals surface area contributed by atoms with Crippen LogP contribution in [0.4, 0.5) is 0 Å². The lowest BCUT2D eigenvalue weighted by Gasteiger charge is -2.20. The molecular weight excluding hydrogens is 264 g/mol. The quantitative estimate of drug-likeness (QED) is 0.711. The molecule has 4 nitrogen and oxygen atoms in total. The molecule has 4 heteroatoms. The van der Waals surface area contributed by atoms with Crippen LogP contribution >= 0.6 is 0 Å². The van der Waals surface area contributed by atoms with Crippen molar-refractivity contribution in [3.05, 3.63) is 29.8 Å². The summed E-state index contributed by atoms with van der Waals surface area (Å²) in [5.41, 5.74) is 1.18. The summed E-state index contributed by atoms with van der Waals surface area (Å²) < 4.78 is 5.66. The number of hydrogen-bond acceptors (Lipinski definition) is 3. The van der Waals surface area contributed by atoms with Crippen molar-refractivity contribution in [3.63, 3.8) is 0 Å². The molecular formula is C17H26N2O2. The molecule has 0 aromatic heterocycles. The van der Waals surface area contributed by atoms with Gasteiger partial charge in [-0.15, -0.1) is 0 Å². The normalized spacial score (nSPS) is 14.0. The van der Waals surface area contributed by atoms with E-state index in [4.69, 9.17) is 4.74 Å². The van der Waals surface area contributed by atoms with Crippen LogP contribution < -0.4 is 10.1 Å². The summed E-state index contributed by atoms with van der Waals surface area (Å²) >= 11 is 0. The Morgan fingerprint density at radius 1 is 1.38 bits per heavy atom. The largest absolute Gasteiger partial charge is 0.484 e. The predicted molar refractivity (Wildman–Crippen MR) is 84.3 cm³/mol. The van der Waals surface area contributed by atoms with Gasteiger partial charge in [-0.05, 0) is 50.4 Å². The number of ether oxygens (including phenoxy) is 1. The van der Waals surface area contributed by atoms with Gasteiger partial charge >= 0.3 is 0 Å². The van der Waals surface area contributed by atoms with Gasteiger partial charge in [0.15, 0.2) is 6.61 Å². The first kappa shape index (κ1) is 15.8. The van der Waals surface area contributed by atoms with Crippen molar-refractivity contribution >= 4 is 5.91 Å². The monoisotopic (exact) mass is 290 g/mol. The maximum atomic E-state index is 12.1. The van der Waals surface area contributed by atoms with Gasteiger partial charge in [-0.2, -0.15) is 0 Å². The lowest BCUT2D eigenvalue weighted by Crippen LogP contribution is -2.36. The van der Waals surface area contributed by atoms with Crippen molar-refractivity contribution in [2.24, 2.45) is 0 Å². The van der Waals surface area contributed by atoms with Gasteiger partial charge in [0.05, 0.1) is 0 Å². The number of nitrogens with zero attached hydrogens (tertiary/aromatic N) is 1. The molecule has 0 aliphatic heterocycles. The third-order valence-corrected chi connectivity index (χ3v) is 3.67. The number of amides is 1. The predicted octanol–water partition coefficient (Wildman–Crippen LogP) is 2.58. The Balaban J connectivity index is 1.81. The maximum absolute atomic E-state index is 12.1. The minimum absolute atomic E-state index is 0.0921. The SMILES string of the molecule is CCCNCc1cccc(OCC(=O)N(CC)C2CC2)c1. The highest BCUT2D eigenvalue weighted by Crippen LogP contribution is 2.26. The third-order valence-electron chi connectivity index (χ3n) is 3.67. The van der Waals surface area contributed by atoms with Gasteiger partial charge in [-0.25, -0.2) is 0 Å². The van der Waals surface area contributed by atoms with Gasteiger partial charge in [0.2, 0.25) is 0 Å². The van der Waals surface area contributed by atoms with Crippen molar-refractivity contribution in [2.45, 2.75) is 45.7 Å². The number of carbonyl (C=O) groups excluding carboxylic acids is 1. The number of hydrogen-bond donors (Lipinski definition) is 1. The lowest BCUT2D eigenvalue weighted by molar-refractivity contribution is -0.133. The van der Waals surface area contributed by atoms with Crippen LogP contribution in [0, 0.1) is 0 Å². The molecule has 1 aromatic carbocycles. The number of benzene rings is 1. The Morgan fingerprint density at radius 3 is 2.86 bits per heavy atom. The smallest absolute Gasteiger partial charge is 0.260 e. The molecule has 1 saturated carbocycles. The Bertz CT molecular complexity index is 458. The van der Waals surface area contributed by atoms with E-state index in [9.17, 15) is 4.79 Å². The Hall–Kier alpha value is -1.55. The average molecular weight is 290 g/mol.